The Hall–Kier alpha value is -2.80. The minimum absolute atomic E-state index is 0. The van der Waals surface area contributed by atoms with Crippen LogP contribution in [0.3, 0.4) is 0 Å². The van der Waals surface area contributed by atoms with Gasteiger partial charge in [-0.25, -0.2) is 4.39 Å². The second-order valence-corrected chi connectivity index (χ2v) is 13.6. The molecule has 0 bridgehead atoms. The third-order valence-electron chi connectivity index (χ3n) is 6.85. The van der Waals surface area contributed by atoms with Crippen LogP contribution in [0.15, 0.2) is 78.9 Å². The van der Waals surface area contributed by atoms with Crippen molar-refractivity contribution in [3.63, 3.8) is 0 Å². The summed E-state index contributed by atoms with van der Waals surface area (Å²) in [5, 5.41) is 0. The van der Waals surface area contributed by atoms with Gasteiger partial charge in [0.1, 0.15) is 5.82 Å². The van der Waals surface area contributed by atoms with Crippen molar-refractivity contribution in [2.45, 2.75) is 38.6 Å². The quantitative estimate of drug-likeness (QED) is 0.201. The molecule has 0 aliphatic carbocycles. The molecular weight excluding hydrogens is 631 g/mol. The standard InChI is InChI=1S/C29H30FN2.6FH.Sb/c1-29(2)26-7-3-4-8-27(26)32(21-23-9-14-24(30)15-10-23)28(29)18-13-22-11-16-25(17-12-22)31-19-5-6-20-31;;;;;;;/h3-4,7-18H,5-6,19-21H2,1-2H3;6*1H;/q+1;;;;;;;+5/p-6. The van der Waals surface area contributed by atoms with Gasteiger partial charge in [0.2, 0.25) is 5.69 Å². The molecule has 2 heterocycles. The number of hydrogen-bond acceptors (Lipinski definition) is 1. The number of benzene rings is 3. The molecule has 2 aliphatic heterocycles. The van der Waals surface area contributed by atoms with Crippen LogP contribution in [-0.4, -0.2) is 43.7 Å². The van der Waals surface area contributed by atoms with Gasteiger partial charge in [0.25, 0.3) is 0 Å². The number of nitrogens with zero attached hydrogens (tertiary/aromatic N) is 2. The molecule has 2 nitrogen and oxygen atoms in total. The first-order valence-electron chi connectivity index (χ1n) is 12.4. The zero-order valence-corrected chi connectivity index (χ0v) is 24.2. The first kappa shape index (κ1) is 30.7. The van der Waals surface area contributed by atoms with Gasteiger partial charge in [-0.05, 0) is 74.7 Å². The van der Waals surface area contributed by atoms with Crippen molar-refractivity contribution >= 4 is 43.5 Å². The van der Waals surface area contributed by atoms with E-state index in [-0.39, 0.29) is 15.9 Å². The van der Waals surface area contributed by atoms with Gasteiger partial charge in [-0.2, -0.15) is 4.58 Å². The summed E-state index contributed by atoms with van der Waals surface area (Å²) in [5.74, 6) is -0.197. The Morgan fingerprint density at radius 3 is 1.97 bits per heavy atom. The molecule has 1 saturated heterocycles. The molecular formula is C29H30F7N2Sb. The predicted molar refractivity (Wildman–Crippen MR) is 143 cm³/mol. The first-order chi connectivity index (χ1) is 17.8. The summed E-state index contributed by atoms with van der Waals surface area (Å²) >= 11 is -9.19. The van der Waals surface area contributed by atoms with E-state index >= 15 is 0 Å². The van der Waals surface area contributed by atoms with Gasteiger partial charge in [0.15, 0.2) is 12.3 Å². The number of rotatable bonds is 5. The Bertz CT molecular complexity index is 1320. The molecule has 0 aromatic heterocycles. The van der Waals surface area contributed by atoms with Crippen molar-refractivity contribution in [2.75, 3.05) is 18.0 Å². The van der Waals surface area contributed by atoms with Crippen LogP contribution >= 0.6 is 0 Å². The Balaban J connectivity index is 0.000000543. The topological polar surface area (TPSA) is 6.25 Å². The third-order valence-corrected chi connectivity index (χ3v) is 6.85. The van der Waals surface area contributed by atoms with Crippen molar-refractivity contribution in [3.8, 4) is 0 Å². The fourth-order valence-electron chi connectivity index (χ4n) is 5.03. The summed E-state index contributed by atoms with van der Waals surface area (Å²) < 4.78 is 65.4. The van der Waals surface area contributed by atoms with E-state index in [2.05, 4.69) is 84.0 Å². The molecule has 0 amide bonds. The van der Waals surface area contributed by atoms with Gasteiger partial charge < -0.3 is 9.60 Å². The number of hydrogen-bond donors (Lipinski definition) is 0. The van der Waals surface area contributed by atoms with E-state index in [9.17, 15) is 18.5 Å². The number of para-hydroxylation sites is 1. The van der Waals surface area contributed by atoms with Crippen molar-refractivity contribution in [2.24, 2.45) is 0 Å². The maximum atomic E-state index is 13.4. The molecule has 0 saturated carbocycles. The Morgan fingerprint density at radius 1 is 0.821 bits per heavy atom. The molecule has 210 valence electrons. The molecule has 0 atom stereocenters. The SMILES string of the molecule is CC1(C)C(/C=C/c2ccc(N3CCCC3)cc2)=[N+](Cc2ccc(F)cc2)c2ccccc21.[F-].[F][Sb]([F])([F])([F])[F]. The van der Waals surface area contributed by atoms with E-state index in [4.69, 9.17) is 0 Å². The number of halogens is 7. The molecule has 0 radical (unpaired) electrons. The monoisotopic (exact) mass is 660 g/mol. The van der Waals surface area contributed by atoms with E-state index in [1.165, 1.54) is 41.1 Å². The average molecular weight is 661 g/mol. The van der Waals surface area contributed by atoms with Gasteiger partial charge >= 0.3 is 34.4 Å². The van der Waals surface area contributed by atoms with E-state index in [1.54, 1.807) is 12.1 Å². The van der Waals surface area contributed by atoms with E-state index in [0.29, 0.717) is 6.54 Å². The molecule has 3 aromatic rings. The van der Waals surface area contributed by atoms with Gasteiger partial charge in [0.05, 0.1) is 5.41 Å². The van der Waals surface area contributed by atoms with Crippen LogP contribution in [0.4, 0.5) is 29.8 Å². The Kier molecular flexibility index (Phi) is 9.26. The van der Waals surface area contributed by atoms with E-state index in [0.717, 1.165) is 18.7 Å². The normalized spacial score (nSPS) is 17.2. The molecule has 39 heavy (non-hydrogen) atoms. The molecule has 3 aromatic carbocycles. The molecule has 0 N–H and O–H groups in total. The molecule has 0 spiro atoms. The zero-order valence-electron chi connectivity index (χ0n) is 21.6. The molecule has 10 heteroatoms. The summed E-state index contributed by atoms with van der Waals surface area (Å²) in [7, 11) is 0. The van der Waals surface area contributed by atoms with Crippen LogP contribution in [0.25, 0.3) is 6.08 Å². The number of allylic oxidation sites excluding steroid dienone is 1. The van der Waals surface area contributed by atoms with Crippen LogP contribution in [0, 0.1) is 5.82 Å². The van der Waals surface area contributed by atoms with Crippen LogP contribution in [0.1, 0.15) is 43.4 Å². The van der Waals surface area contributed by atoms with Gasteiger partial charge in [-0.1, -0.05) is 30.3 Å². The van der Waals surface area contributed by atoms with Gasteiger partial charge in [-0.3, -0.25) is 0 Å². The van der Waals surface area contributed by atoms with Crippen LogP contribution in [-0.2, 0) is 12.0 Å². The van der Waals surface area contributed by atoms with Crippen LogP contribution < -0.4 is 9.60 Å². The van der Waals surface area contributed by atoms with Crippen LogP contribution in [0.5, 0.6) is 0 Å². The zero-order chi connectivity index (χ0) is 27.6. The summed E-state index contributed by atoms with van der Waals surface area (Å²) in [5.41, 5.74) is 7.32. The van der Waals surface area contributed by atoms with Crippen molar-refractivity contribution in [1.29, 1.82) is 0 Å². The van der Waals surface area contributed by atoms with Gasteiger partial charge in [0, 0.05) is 42.0 Å². The fraction of sp³-hybridized carbons (Fsp3) is 0.276. The Morgan fingerprint density at radius 2 is 1.38 bits per heavy atom. The van der Waals surface area contributed by atoms with Crippen molar-refractivity contribution in [3.05, 3.63) is 101 Å². The molecule has 1 fully saturated rings. The minimum atomic E-state index is -9.19. The van der Waals surface area contributed by atoms with Crippen molar-refractivity contribution < 1.29 is 27.7 Å². The number of fused-ring (bicyclic) bond motifs is 1. The van der Waals surface area contributed by atoms with E-state index in [1.807, 2.05) is 12.1 Å². The van der Waals surface area contributed by atoms with Gasteiger partial charge in [-0.15, -0.1) is 0 Å². The average Bonchev–Trinajstić information content (AvgIpc) is 3.44. The molecule has 5 rings (SSSR count). The van der Waals surface area contributed by atoms with Crippen molar-refractivity contribution in [1.82, 2.24) is 0 Å². The first-order valence-corrected chi connectivity index (χ1v) is 17.2. The second kappa shape index (κ2) is 11.7. The summed E-state index contributed by atoms with van der Waals surface area (Å²) in [6, 6.07) is 24.3. The summed E-state index contributed by atoms with van der Waals surface area (Å²) in [6.45, 7) is 7.61. The maximum absolute atomic E-state index is 13.4. The molecule has 0 unspecified atom stereocenters. The third kappa shape index (κ3) is 8.34. The summed E-state index contributed by atoms with van der Waals surface area (Å²) in [4.78, 5) is 2.46. The van der Waals surface area contributed by atoms with Crippen LogP contribution in [0.2, 0.25) is 0 Å². The number of anilines is 1. The van der Waals surface area contributed by atoms with E-state index < -0.39 is 20.3 Å². The predicted octanol–water partition coefficient (Wildman–Crippen LogP) is 5.44. The Labute approximate surface area is 228 Å². The second-order valence-electron chi connectivity index (χ2n) is 10.00. The summed E-state index contributed by atoms with van der Waals surface area (Å²) in [6.07, 6.45) is 7.06. The molecule has 2 aliphatic rings. The fourth-order valence-corrected chi connectivity index (χ4v) is 5.03.